The molecule has 0 spiro atoms. The van der Waals surface area contributed by atoms with Crippen LogP contribution in [0, 0.1) is 5.92 Å². The van der Waals surface area contributed by atoms with Crippen molar-refractivity contribution in [1.29, 1.82) is 0 Å². The Morgan fingerprint density at radius 3 is 2.74 bits per heavy atom. The van der Waals surface area contributed by atoms with Crippen LogP contribution in [0.3, 0.4) is 0 Å². The average molecular weight is 334 g/mol. The number of nitrogens with zero attached hydrogens (tertiary/aromatic N) is 1. The molecule has 1 aromatic carbocycles. The monoisotopic (exact) mass is 334 g/mol. The SMILES string of the molecule is COc1ccc(N2C[C@@H](NC(=O)CSCC3CC3)CC2=O)cc1. The van der Waals surface area contributed by atoms with Crippen LogP contribution in [0.15, 0.2) is 24.3 Å². The van der Waals surface area contributed by atoms with E-state index >= 15 is 0 Å². The van der Waals surface area contributed by atoms with Gasteiger partial charge in [-0.1, -0.05) is 0 Å². The van der Waals surface area contributed by atoms with E-state index in [1.54, 1.807) is 23.8 Å². The molecule has 3 rings (SSSR count). The Balaban J connectivity index is 1.48. The van der Waals surface area contributed by atoms with E-state index in [2.05, 4.69) is 5.32 Å². The zero-order valence-corrected chi connectivity index (χ0v) is 14.1. The first kappa shape index (κ1) is 16.2. The van der Waals surface area contributed by atoms with Crippen molar-refractivity contribution in [2.24, 2.45) is 5.92 Å². The van der Waals surface area contributed by atoms with Crippen LogP contribution in [0.4, 0.5) is 5.69 Å². The molecule has 1 N–H and O–H groups in total. The molecule has 2 amide bonds. The fourth-order valence-electron chi connectivity index (χ4n) is 2.69. The molecule has 1 saturated carbocycles. The highest BCUT2D eigenvalue weighted by molar-refractivity contribution is 7.99. The number of amides is 2. The number of anilines is 1. The van der Waals surface area contributed by atoms with Crippen molar-refractivity contribution in [2.45, 2.75) is 25.3 Å². The number of ether oxygens (including phenoxy) is 1. The molecule has 0 radical (unpaired) electrons. The lowest BCUT2D eigenvalue weighted by molar-refractivity contribution is -0.119. The zero-order chi connectivity index (χ0) is 16.2. The summed E-state index contributed by atoms with van der Waals surface area (Å²) in [7, 11) is 1.61. The maximum Gasteiger partial charge on any atom is 0.230 e. The number of hydrogen-bond donors (Lipinski definition) is 1. The Kier molecular flexibility index (Phi) is 5.10. The average Bonchev–Trinajstić information content (AvgIpc) is 3.30. The van der Waals surface area contributed by atoms with Gasteiger partial charge in [-0.05, 0) is 48.8 Å². The van der Waals surface area contributed by atoms with Crippen LogP contribution in [0.2, 0.25) is 0 Å². The highest BCUT2D eigenvalue weighted by atomic mass is 32.2. The molecule has 0 unspecified atom stereocenters. The van der Waals surface area contributed by atoms with Crippen LogP contribution in [0.25, 0.3) is 0 Å². The van der Waals surface area contributed by atoms with Crippen molar-refractivity contribution in [2.75, 3.05) is 30.1 Å². The summed E-state index contributed by atoms with van der Waals surface area (Å²) in [4.78, 5) is 25.9. The second-order valence-electron chi connectivity index (χ2n) is 6.13. The Morgan fingerprint density at radius 1 is 1.35 bits per heavy atom. The number of methoxy groups -OCH3 is 1. The fourth-order valence-corrected chi connectivity index (χ4v) is 3.74. The van der Waals surface area contributed by atoms with Crippen molar-refractivity contribution in [3.63, 3.8) is 0 Å². The molecule has 124 valence electrons. The van der Waals surface area contributed by atoms with E-state index < -0.39 is 0 Å². The Bertz CT molecular complexity index is 572. The lowest BCUT2D eigenvalue weighted by Crippen LogP contribution is -2.38. The quantitative estimate of drug-likeness (QED) is 0.829. The molecule has 1 atom stereocenters. The Hall–Kier alpha value is -1.69. The number of carbonyl (C=O) groups is 2. The van der Waals surface area contributed by atoms with E-state index in [1.165, 1.54) is 12.8 Å². The van der Waals surface area contributed by atoms with Gasteiger partial charge in [0.1, 0.15) is 5.75 Å². The van der Waals surface area contributed by atoms with Crippen molar-refractivity contribution in [3.05, 3.63) is 24.3 Å². The van der Waals surface area contributed by atoms with E-state index in [1.807, 2.05) is 24.3 Å². The normalized spacial score (nSPS) is 20.7. The Labute approximate surface area is 140 Å². The van der Waals surface area contributed by atoms with E-state index in [9.17, 15) is 9.59 Å². The lowest BCUT2D eigenvalue weighted by Gasteiger charge is -2.17. The Morgan fingerprint density at radius 2 is 2.09 bits per heavy atom. The molecule has 2 aliphatic rings. The van der Waals surface area contributed by atoms with Crippen LogP contribution in [-0.4, -0.2) is 43.0 Å². The lowest BCUT2D eigenvalue weighted by atomic mass is 10.2. The van der Waals surface area contributed by atoms with Crippen molar-refractivity contribution in [1.82, 2.24) is 5.32 Å². The minimum absolute atomic E-state index is 0.0324. The van der Waals surface area contributed by atoms with Crippen LogP contribution in [0.5, 0.6) is 5.75 Å². The van der Waals surface area contributed by atoms with Crippen LogP contribution >= 0.6 is 11.8 Å². The van der Waals surface area contributed by atoms with Gasteiger partial charge in [-0.2, -0.15) is 11.8 Å². The molecule has 23 heavy (non-hydrogen) atoms. The minimum Gasteiger partial charge on any atom is -0.497 e. The van der Waals surface area contributed by atoms with Gasteiger partial charge in [0.25, 0.3) is 0 Å². The third kappa shape index (κ3) is 4.41. The van der Waals surface area contributed by atoms with Crippen molar-refractivity contribution < 1.29 is 14.3 Å². The number of thioether (sulfide) groups is 1. The van der Waals surface area contributed by atoms with Gasteiger partial charge in [0.2, 0.25) is 11.8 Å². The van der Waals surface area contributed by atoms with Gasteiger partial charge in [-0.25, -0.2) is 0 Å². The van der Waals surface area contributed by atoms with Gasteiger partial charge < -0.3 is 15.0 Å². The molecule has 1 heterocycles. The molecule has 1 aromatic rings. The van der Waals surface area contributed by atoms with Crippen LogP contribution in [0.1, 0.15) is 19.3 Å². The summed E-state index contributed by atoms with van der Waals surface area (Å²) in [6.07, 6.45) is 2.98. The van der Waals surface area contributed by atoms with E-state index in [4.69, 9.17) is 4.74 Å². The first-order chi connectivity index (χ1) is 11.2. The minimum atomic E-state index is -0.0985. The topological polar surface area (TPSA) is 58.6 Å². The highest BCUT2D eigenvalue weighted by Gasteiger charge is 2.31. The summed E-state index contributed by atoms with van der Waals surface area (Å²) in [5.41, 5.74) is 0.843. The van der Waals surface area contributed by atoms with E-state index in [-0.39, 0.29) is 17.9 Å². The molecule has 5 nitrogen and oxygen atoms in total. The third-order valence-electron chi connectivity index (χ3n) is 4.16. The molecule has 1 aliphatic heterocycles. The van der Waals surface area contributed by atoms with Crippen molar-refractivity contribution in [3.8, 4) is 5.75 Å². The predicted molar refractivity (Wildman–Crippen MR) is 91.9 cm³/mol. The predicted octanol–water partition coefficient (Wildman–Crippen LogP) is 2.06. The molecule has 0 aromatic heterocycles. The summed E-state index contributed by atoms with van der Waals surface area (Å²) >= 11 is 1.69. The first-order valence-electron chi connectivity index (χ1n) is 7.97. The van der Waals surface area contributed by atoms with Crippen molar-refractivity contribution >= 4 is 29.3 Å². The van der Waals surface area contributed by atoms with Gasteiger partial charge in [-0.15, -0.1) is 0 Å². The zero-order valence-electron chi connectivity index (χ0n) is 13.3. The van der Waals surface area contributed by atoms with Gasteiger partial charge in [-0.3, -0.25) is 9.59 Å². The smallest absolute Gasteiger partial charge is 0.230 e. The maximum absolute atomic E-state index is 12.2. The van der Waals surface area contributed by atoms with Crippen LogP contribution in [-0.2, 0) is 9.59 Å². The van der Waals surface area contributed by atoms with Gasteiger partial charge in [0.15, 0.2) is 0 Å². The largest absolute Gasteiger partial charge is 0.497 e. The third-order valence-corrected chi connectivity index (χ3v) is 5.33. The summed E-state index contributed by atoms with van der Waals surface area (Å²) in [6, 6.07) is 7.31. The number of hydrogen-bond acceptors (Lipinski definition) is 4. The number of rotatable bonds is 7. The molecule has 1 aliphatic carbocycles. The van der Waals surface area contributed by atoms with E-state index in [0.717, 1.165) is 23.1 Å². The molecule has 1 saturated heterocycles. The second-order valence-corrected chi connectivity index (χ2v) is 7.16. The number of benzene rings is 1. The summed E-state index contributed by atoms with van der Waals surface area (Å²) in [5.74, 6) is 3.24. The fraction of sp³-hybridized carbons (Fsp3) is 0.529. The number of nitrogens with one attached hydrogen (secondary N) is 1. The summed E-state index contributed by atoms with van der Waals surface area (Å²) < 4.78 is 5.13. The second kappa shape index (κ2) is 7.25. The molecular formula is C17H22N2O3S. The standard InChI is InChI=1S/C17H22N2O3S/c1-22-15-6-4-14(5-7-15)19-9-13(8-17(19)21)18-16(20)11-23-10-12-2-3-12/h4-7,12-13H,2-3,8-11H2,1H3,(H,18,20)/t13-/m0/s1. The first-order valence-corrected chi connectivity index (χ1v) is 9.12. The maximum atomic E-state index is 12.2. The molecular weight excluding hydrogens is 312 g/mol. The summed E-state index contributed by atoms with van der Waals surface area (Å²) in [5, 5.41) is 2.98. The molecule has 2 fully saturated rings. The number of carbonyl (C=O) groups excluding carboxylic acids is 2. The van der Waals surface area contributed by atoms with Gasteiger partial charge in [0.05, 0.1) is 18.9 Å². The van der Waals surface area contributed by atoms with Gasteiger partial charge >= 0.3 is 0 Å². The van der Waals surface area contributed by atoms with Crippen LogP contribution < -0.4 is 15.0 Å². The van der Waals surface area contributed by atoms with E-state index in [0.29, 0.717) is 18.7 Å². The summed E-state index contributed by atoms with van der Waals surface area (Å²) in [6.45, 7) is 0.532. The molecule has 6 heteroatoms. The molecule has 0 bridgehead atoms. The highest BCUT2D eigenvalue weighted by Crippen LogP contribution is 2.32. The van der Waals surface area contributed by atoms with Gasteiger partial charge in [0, 0.05) is 18.7 Å².